The zero-order valence-electron chi connectivity index (χ0n) is 13.9. The maximum absolute atomic E-state index is 12.9. The lowest BCUT2D eigenvalue weighted by molar-refractivity contribution is -0.401. The Kier molecular flexibility index (Phi) is 5.73. The molecule has 0 fully saturated rings. The second-order valence-electron chi connectivity index (χ2n) is 5.36. The first-order valence-electron chi connectivity index (χ1n) is 7.17. The topological polar surface area (TPSA) is 185 Å². The summed E-state index contributed by atoms with van der Waals surface area (Å²) in [7, 11) is 0. The third-order valence-corrected chi connectivity index (χ3v) is 3.83. The fourth-order valence-electron chi connectivity index (χ4n) is 2.27. The van der Waals surface area contributed by atoms with Crippen LogP contribution in [0, 0.1) is 40.5 Å². The van der Waals surface area contributed by atoms with Gasteiger partial charge in [-0.3, -0.25) is 40.5 Å². The van der Waals surface area contributed by atoms with E-state index in [-0.39, 0.29) is 12.1 Å². The SMILES string of the molecule is O=[N+]([O-])c1cc([N+](=O)[O-])c(Nc2c(Cl)cc(C(F)(F)F)cc2[N+](=O)[O-])c([N+](=O)[O-])c1. The number of nitrogens with zero attached hydrogens (tertiary/aromatic N) is 4. The highest BCUT2D eigenvalue weighted by Gasteiger charge is 2.37. The Balaban J connectivity index is 2.82. The third kappa shape index (κ3) is 4.32. The Labute approximate surface area is 166 Å². The molecule has 0 saturated heterocycles. The van der Waals surface area contributed by atoms with Crippen LogP contribution in [0.25, 0.3) is 0 Å². The number of alkyl halides is 3. The summed E-state index contributed by atoms with van der Waals surface area (Å²) in [6.45, 7) is 0. The van der Waals surface area contributed by atoms with Crippen LogP contribution >= 0.6 is 11.6 Å². The lowest BCUT2D eigenvalue weighted by Crippen LogP contribution is -2.09. The van der Waals surface area contributed by atoms with Gasteiger partial charge in [0.05, 0.1) is 42.4 Å². The van der Waals surface area contributed by atoms with Gasteiger partial charge in [-0.1, -0.05) is 11.6 Å². The second-order valence-corrected chi connectivity index (χ2v) is 5.77. The van der Waals surface area contributed by atoms with Gasteiger partial charge in [-0.15, -0.1) is 0 Å². The molecule has 2 aromatic carbocycles. The van der Waals surface area contributed by atoms with E-state index in [0.29, 0.717) is 12.1 Å². The lowest BCUT2D eigenvalue weighted by atomic mass is 10.1. The van der Waals surface area contributed by atoms with E-state index >= 15 is 0 Å². The molecule has 0 heterocycles. The van der Waals surface area contributed by atoms with Crippen molar-refractivity contribution in [2.75, 3.05) is 5.32 Å². The largest absolute Gasteiger partial charge is 0.416 e. The van der Waals surface area contributed by atoms with Crippen molar-refractivity contribution in [3.05, 3.63) is 75.3 Å². The van der Waals surface area contributed by atoms with Crippen LogP contribution in [-0.2, 0) is 6.18 Å². The van der Waals surface area contributed by atoms with Crippen molar-refractivity contribution in [2.24, 2.45) is 0 Å². The number of hydrogen-bond acceptors (Lipinski definition) is 9. The highest BCUT2D eigenvalue weighted by atomic mass is 35.5. The molecule has 0 amide bonds. The van der Waals surface area contributed by atoms with Gasteiger partial charge in [0.1, 0.15) is 5.69 Å². The zero-order chi connectivity index (χ0) is 23.0. The number of benzene rings is 2. The van der Waals surface area contributed by atoms with E-state index < -0.39 is 70.6 Å². The Morgan fingerprint density at radius 1 is 0.733 bits per heavy atom. The predicted octanol–water partition coefficient (Wildman–Crippen LogP) is 4.74. The summed E-state index contributed by atoms with van der Waals surface area (Å²) in [5.74, 6) is 0. The van der Waals surface area contributed by atoms with Crippen molar-refractivity contribution < 1.29 is 32.9 Å². The van der Waals surface area contributed by atoms with Gasteiger partial charge in [0.2, 0.25) is 0 Å². The number of non-ortho nitro benzene ring substituents is 1. The standard InChI is InChI=1S/C13H5ClF3N5O8/c14-7-1-5(13(15,16)17)2-8(20(25)26)11(7)18-12-9(21(27)28)3-6(19(23)24)4-10(12)22(29)30/h1-4,18H. The molecule has 1 N–H and O–H groups in total. The van der Waals surface area contributed by atoms with Crippen LogP contribution in [0.1, 0.15) is 5.56 Å². The Hall–Kier alpha value is -4.08. The summed E-state index contributed by atoms with van der Waals surface area (Å²) in [6.07, 6.45) is -5.03. The molecular weight excluding hydrogens is 447 g/mol. The van der Waals surface area contributed by atoms with Gasteiger partial charge in [-0.2, -0.15) is 13.2 Å². The summed E-state index contributed by atoms with van der Waals surface area (Å²) >= 11 is 5.67. The van der Waals surface area contributed by atoms with E-state index in [1.54, 1.807) is 0 Å². The minimum absolute atomic E-state index is 0.0667. The van der Waals surface area contributed by atoms with Crippen LogP contribution in [0.4, 0.5) is 47.3 Å². The average Bonchev–Trinajstić information content (AvgIpc) is 2.61. The van der Waals surface area contributed by atoms with E-state index in [9.17, 15) is 53.6 Å². The maximum Gasteiger partial charge on any atom is 0.416 e. The normalized spacial score (nSPS) is 11.1. The smallest absolute Gasteiger partial charge is 0.337 e. The molecular formula is C13H5ClF3N5O8. The van der Waals surface area contributed by atoms with Crippen LogP contribution < -0.4 is 5.32 Å². The average molecular weight is 452 g/mol. The van der Waals surface area contributed by atoms with Crippen molar-refractivity contribution in [3.63, 3.8) is 0 Å². The first-order chi connectivity index (χ1) is 13.7. The molecule has 0 radical (unpaired) electrons. The second kappa shape index (κ2) is 7.74. The van der Waals surface area contributed by atoms with Crippen LogP contribution in [0.3, 0.4) is 0 Å². The highest BCUT2D eigenvalue weighted by molar-refractivity contribution is 6.34. The monoisotopic (exact) mass is 451 g/mol. The molecule has 17 heteroatoms. The Morgan fingerprint density at radius 2 is 1.17 bits per heavy atom. The predicted molar refractivity (Wildman–Crippen MR) is 92.8 cm³/mol. The van der Waals surface area contributed by atoms with Crippen molar-refractivity contribution in [2.45, 2.75) is 6.18 Å². The van der Waals surface area contributed by atoms with E-state index in [1.165, 1.54) is 0 Å². The summed E-state index contributed by atoms with van der Waals surface area (Å²) < 4.78 is 38.7. The number of nitro groups is 4. The van der Waals surface area contributed by atoms with Crippen molar-refractivity contribution in [3.8, 4) is 0 Å². The number of anilines is 2. The molecule has 158 valence electrons. The molecule has 0 bridgehead atoms. The van der Waals surface area contributed by atoms with Gasteiger partial charge in [0.25, 0.3) is 11.4 Å². The molecule has 0 aliphatic rings. The third-order valence-electron chi connectivity index (χ3n) is 3.53. The first kappa shape index (κ1) is 22.2. The highest BCUT2D eigenvalue weighted by Crippen LogP contribution is 2.45. The van der Waals surface area contributed by atoms with Crippen LogP contribution in [-0.4, -0.2) is 19.7 Å². The minimum Gasteiger partial charge on any atom is -0.337 e. The molecule has 0 unspecified atom stereocenters. The van der Waals surface area contributed by atoms with Gasteiger partial charge >= 0.3 is 17.6 Å². The van der Waals surface area contributed by atoms with Gasteiger partial charge < -0.3 is 5.32 Å². The van der Waals surface area contributed by atoms with Crippen molar-refractivity contribution in [1.29, 1.82) is 0 Å². The van der Waals surface area contributed by atoms with Crippen LogP contribution in [0.15, 0.2) is 24.3 Å². The lowest BCUT2D eigenvalue weighted by Gasteiger charge is -2.13. The molecule has 2 rings (SSSR count). The van der Waals surface area contributed by atoms with Crippen molar-refractivity contribution >= 4 is 45.7 Å². The molecule has 13 nitrogen and oxygen atoms in total. The minimum atomic E-state index is -5.03. The van der Waals surface area contributed by atoms with Gasteiger partial charge in [0, 0.05) is 6.07 Å². The molecule has 0 saturated carbocycles. The number of hydrogen-bond donors (Lipinski definition) is 1. The summed E-state index contributed by atoms with van der Waals surface area (Å²) in [5.41, 5.74) is -8.29. The number of rotatable bonds is 6. The van der Waals surface area contributed by atoms with E-state index in [2.05, 4.69) is 0 Å². The van der Waals surface area contributed by atoms with E-state index in [0.717, 1.165) is 0 Å². The van der Waals surface area contributed by atoms with Gasteiger partial charge in [0.15, 0.2) is 5.69 Å². The van der Waals surface area contributed by atoms with Gasteiger partial charge in [-0.25, -0.2) is 0 Å². The fraction of sp³-hybridized carbons (Fsp3) is 0.0769. The quantitative estimate of drug-likeness (QED) is 0.478. The molecule has 0 spiro atoms. The van der Waals surface area contributed by atoms with Crippen LogP contribution in [0.2, 0.25) is 5.02 Å². The zero-order valence-corrected chi connectivity index (χ0v) is 14.6. The van der Waals surface area contributed by atoms with Gasteiger partial charge in [-0.05, 0) is 6.07 Å². The number of nitrogens with one attached hydrogen (secondary N) is 1. The summed E-state index contributed by atoms with van der Waals surface area (Å²) in [6, 6.07) is 0.996. The van der Waals surface area contributed by atoms with E-state index in [1.807, 2.05) is 5.32 Å². The Bertz CT molecular complexity index is 1070. The molecule has 0 aliphatic heterocycles. The molecule has 0 atom stereocenters. The maximum atomic E-state index is 12.9. The van der Waals surface area contributed by atoms with Crippen molar-refractivity contribution in [1.82, 2.24) is 0 Å². The molecule has 30 heavy (non-hydrogen) atoms. The molecule has 2 aromatic rings. The first-order valence-corrected chi connectivity index (χ1v) is 7.55. The summed E-state index contributed by atoms with van der Waals surface area (Å²) in [5, 5.41) is 45.6. The number of halogens is 4. The Morgan fingerprint density at radius 3 is 1.53 bits per heavy atom. The van der Waals surface area contributed by atoms with Crippen LogP contribution in [0.5, 0.6) is 0 Å². The molecule has 0 aliphatic carbocycles. The molecule has 0 aromatic heterocycles. The fourth-order valence-corrected chi connectivity index (χ4v) is 2.53. The number of nitro benzene ring substituents is 4. The summed E-state index contributed by atoms with van der Waals surface area (Å²) in [4.78, 5) is 39.6. The van der Waals surface area contributed by atoms with E-state index in [4.69, 9.17) is 11.6 Å².